The van der Waals surface area contributed by atoms with Crippen LogP contribution >= 0.6 is 0 Å². The van der Waals surface area contributed by atoms with Gasteiger partial charge in [0.05, 0.1) is 0 Å². The van der Waals surface area contributed by atoms with Crippen LogP contribution in [0.5, 0.6) is 0 Å². The summed E-state index contributed by atoms with van der Waals surface area (Å²) in [6.45, 7) is 11.7. The van der Waals surface area contributed by atoms with Crippen LogP contribution in [-0.4, -0.2) is 13.1 Å². The summed E-state index contributed by atoms with van der Waals surface area (Å²) < 4.78 is 0. The van der Waals surface area contributed by atoms with Gasteiger partial charge in [0.2, 0.25) is 0 Å². The Morgan fingerprint density at radius 1 is 0.800 bits per heavy atom. The van der Waals surface area contributed by atoms with Gasteiger partial charge in [0, 0.05) is 0 Å². The van der Waals surface area contributed by atoms with Crippen molar-refractivity contribution in [3.63, 3.8) is 0 Å². The topological polar surface area (TPSA) is 12.0 Å². The zero-order valence-corrected chi connectivity index (χ0v) is 11.4. The molecule has 15 heavy (non-hydrogen) atoms. The molecule has 0 radical (unpaired) electrons. The molecule has 0 aliphatic heterocycles. The molecule has 0 amide bonds. The fourth-order valence-corrected chi connectivity index (χ4v) is 1.71. The van der Waals surface area contributed by atoms with Gasteiger partial charge in [-0.2, -0.15) is 0 Å². The molecule has 0 aromatic rings. The number of hydrogen-bond acceptors (Lipinski definition) is 1. The molecule has 0 saturated heterocycles. The molecule has 0 aromatic carbocycles. The van der Waals surface area contributed by atoms with E-state index in [1.807, 2.05) is 0 Å². The molecule has 0 fully saturated rings. The molecule has 0 spiro atoms. The maximum absolute atomic E-state index is 3.52. The molecule has 0 heterocycles. The molecular formula is C14H31N. The normalized spacial score (nSPS) is 12.0. The lowest BCUT2D eigenvalue weighted by Crippen LogP contribution is -2.16. The van der Waals surface area contributed by atoms with Crippen molar-refractivity contribution in [3.8, 4) is 0 Å². The molecule has 0 bridgehead atoms. The first-order chi connectivity index (χ1) is 7.06. The fraction of sp³-hybridized carbons (Fsp3) is 1.00. The lowest BCUT2D eigenvalue weighted by Gasteiger charge is -2.17. The van der Waals surface area contributed by atoms with Crippen molar-refractivity contribution in [2.75, 3.05) is 13.1 Å². The molecule has 0 aliphatic rings. The highest BCUT2D eigenvalue weighted by Gasteiger charge is 2.08. The van der Waals surface area contributed by atoms with Gasteiger partial charge in [0.25, 0.3) is 0 Å². The summed E-state index contributed by atoms with van der Waals surface area (Å²) >= 11 is 0. The van der Waals surface area contributed by atoms with Crippen molar-refractivity contribution >= 4 is 0 Å². The SMILES string of the molecule is CCCCCNCCCCCC(C)(C)C. The van der Waals surface area contributed by atoms with Crippen LogP contribution < -0.4 is 5.32 Å². The monoisotopic (exact) mass is 213 g/mol. The minimum absolute atomic E-state index is 0.522. The molecule has 0 aromatic heterocycles. The maximum Gasteiger partial charge on any atom is -0.00489 e. The van der Waals surface area contributed by atoms with Crippen LogP contribution in [0.1, 0.15) is 72.6 Å². The van der Waals surface area contributed by atoms with Crippen molar-refractivity contribution in [2.45, 2.75) is 72.6 Å². The van der Waals surface area contributed by atoms with Crippen LogP contribution in [0, 0.1) is 5.41 Å². The Labute approximate surface area is 97.0 Å². The van der Waals surface area contributed by atoms with E-state index in [2.05, 4.69) is 33.0 Å². The minimum Gasteiger partial charge on any atom is -0.317 e. The summed E-state index contributed by atoms with van der Waals surface area (Å²) in [6.07, 6.45) is 9.53. The van der Waals surface area contributed by atoms with Gasteiger partial charge in [-0.3, -0.25) is 0 Å². The van der Waals surface area contributed by atoms with Gasteiger partial charge in [-0.25, -0.2) is 0 Å². The Balaban J connectivity index is 2.99. The fourth-order valence-electron chi connectivity index (χ4n) is 1.71. The third-order valence-corrected chi connectivity index (χ3v) is 2.74. The van der Waals surface area contributed by atoms with E-state index < -0.39 is 0 Å². The first kappa shape index (κ1) is 15.0. The summed E-state index contributed by atoms with van der Waals surface area (Å²) in [5.74, 6) is 0. The Hall–Kier alpha value is -0.0400. The first-order valence-corrected chi connectivity index (χ1v) is 6.77. The second-order valence-electron chi connectivity index (χ2n) is 5.83. The molecule has 0 unspecified atom stereocenters. The zero-order valence-electron chi connectivity index (χ0n) is 11.4. The van der Waals surface area contributed by atoms with Gasteiger partial charge in [0.15, 0.2) is 0 Å². The highest BCUT2D eigenvalue weighted by atomic mass is 14.8. The molecule has 92 valence electrons. The van der Waals surface area contributed by atoms with E-state index in [9.17, 15) is 0 Å². The van der Waals surface area contributed by atoms with Crippen LogP contribution in [0.3, 0.4) is 0 Å². The Morgan fingerprint density at radius 3 is 1.93 bits per heavy atom. The van der Waals surface area contributed by atoms with E-state index in [1.54, 1.807) is 0 Å². The van der Waals surface area contributed by atoms with Crippen molar-refractivity contribution in [1.29, 1.82) is 0 Å². The standard InChI is InChI=1S/C14H31N/c1-5-6-9-12-15-13-10-7-8-11-14(2,3)4/h15H,5-13H2,1-4H3. The number of rotatable bonds is 9. The van der Waals surface area contributed by atoms with E-state index in [4.69, 9.17) is 0 Å². The lowest BCUT2D eigenvalue weighted by atomic mass is 9.89. The summed E-state index contributed by atoms with van der Waals surface area (Å²) in [4.78, 5) is 0. The number of unbranched alkanes of at least 4 members (excludes halogenated alkanes) is 4. The summed E-state index contributed by atoms with van der Waals surface area (Å²) in [5.41, 5.74) is 0.522. The average molecular weight is 213 g/mol. The molecule has 0 saturated carbocycles. The van der Waals surface area contributed by atoms with E-state index in [0.717, 1.165) is 0 Å². The largest absolute Gasteiger partial charge is 0.317 e. The zero-order chi connectivity index (χ0) is 11.6. The van der Waals surface area contributed by atoms with Crippen LogP contribution in [0.15, 0.2) is 0 Å². The van der Waals surface area contributed by atoms with Gasteiger partial charge < -0.3 is 5.32 Å². The van der Waals surface area contributed by atoms with Gasteiger partial charge in [-0.15, -0.1) is 0 Å². The first-order valence-electron chi connectivity index (χ1n) is 6.77. The summed E-state index contributed by atoms with van der Waals surface area (Å²) in [7, 11) is 0. The van der Waals surface area contributed by atoms with Gasteiger partial charge in [-0.1, -0.05) is 53.4 Å². The molecular weight excluding hydrogens is 182 g/mol. The molecule has 1 nitrogen and oxygen atoms in total. The molecule has 1 N–H and O–H groups in total. The quantitative estimate of drug-likeness (QED) is 0.561. The molecule has 0 atom stereocenters. The van der Waals surface area contributed by atoms with E-state index in [1.165, 1.54) is 58.0 Å². The van der Waals surface area contributed by atoms with Crippen LogP contribution in [0.25, 0.3) is 0 Å². The van der Waals surface area contributed by atoms with Crippen molar-refractivity contribution in [2.24, 2.45) is 5.41 Å². The third-order valence-electron chi connectivity index (χ3n) is 2.74. The molecule has 0 aliphatic carbocycles. The molecule has 0 rings (SSSR count). The van der Waals surface area contributed by atoms with Gasteiger partial charge in [0.1, 0.15) is 0 Å². The van der Waals surface area contributed by atoms with E-state index in [0.29, 0.717) is 5.41 Å². The predicted octanol–water partition coefficient (Wildman–Crippen LogP) is 4.37. The highest BCUT2D eigenvalue weighted by molar-refractivity contribution is 4.61. The van der Waals surface area contributed by atoms with Gasteiger partial charge >= 0.3 is 0 Å². The van der Waals surface area contributed by atoms with Gasteiger partial charge in [-0.05, 0) is 37.8 Å². The number of hydrogen-bond donors (Lipinski definition) is 1. The van der Waals surface area contributed by atoms with Crippen LogP contribution in [-0.2, 0) is 0 Å². The minimum atomic E-state index is 0.522. The van der Waals surface area contributed by atoms with Crippen LogP contribution in [0.2, 0.25) is 0 Å². The highest BCUT2D eigenvalue weighted by Crippen LogP contribution is 2.21. The van der Waals surface area contributed by atoms with Crippen molar-refractivity contribution in [1.82, 2.24) is 5.32 Å². The van der Waals surface area contributed by atoms with E-state index in [-0.39, 0.29) is 0 Å². The predicted molar refractivity (Wildman–Crippen MR) is 70.3 cm³/mol. The Bertz CT molecular complexity index is 124. The lowest BCUT2D eigenvalue weighted by molar-refractivity contribution is 0.357. The second-order valence-corrected chi connectivity index (χ2v) is 5.83. The third kappa shape index (κ3) is 14.0. The van der Waals surface area contributed by atoms with Crippen molar-refractivity contribution in [3.05, 3.63) is 0 Å². The smallest absolute Gasteiger partial charge is 0.00489 e. The number of nitrogens with one attached hydrogen (secondary N) is 1. The molecule has 1 heteroatoms. The Morgan fingerprint density at radius 2 is 1.40 bits per heavy atom. The van der Waals surface area contributed by atoms with E-state index >= 15 is 0 Å². The maximum atomic E-state index is 3.52. The Kier molecular flexibility index (Phi) is 9.18. The summed E-state index contributed by atoms with van der Waals surface area (Å²) in [5, 5.41) is 3.52. The van der Waals surface area contributed by atoms with Crippen molar-refractivity contribution < 1.29 is 0 Å². The second kappa shape index (κ2) is 9.21. The summed E-state index contributed by atoms with van der Waals surface area (Å²) in [6, 6.07) is 0. The van der Waals surface area contributed by atoms with Crippen LogP contribution in [0.4, 0.5) is 0 Å². The average Bonchev–Trinajstić information content (AvgIpc) is 2.14.